The third-order valence-electron chi connectivity index (χ3n) is 4.10. The maximum Gasteiger partial charge on any atom is 0.227 e. The van der Waals surface area contributed by atoms with E-state index in [1.807, 2.05) is 6.92 Å². The smallest absolute Gasteiger partial charge is 0.227 e. The molecule has 0 radical (unpaired) electrons. The van der Waals surface area contributed by atoms with Gasteiger partial charge >= 0.3 is 0 Å². The van der Waals surface area contributed by atoms with E-state index in [0.29, 0.717) is 0 Å². The molecule has 20 heavy (non-hydrogen) atoms. The normalized spacial score (nSPS) is 19.1. The minimum absolute atomic E-state index is 0.181. The molecule has 100 valence electrons. The van der Waals surface area contributed by atoms with Crippen molar-refractivity contribution < 1.29 is 9.15 Å². The lowest BCUT2D eigenvalue weighted by Crippen LogP contribution is -2.01. The number of aromatic nitrogens is 1. The summed E-state index contributed by atoms with van der Waals surface area (Å²) in [7, 11) is 2.07. The van der Waals surface area contributed by atoms with Crippen molar-refractivity contribution in [2.75, 3.05) is 6.61 Å². The van der Waals surface area contributed by atoms with Crippen LogP contribution in [-0.2, 0) is 4.74 Å². The lowest BCUT2D eigenvalue weighted by atomic mass is 9.93. The van der Waals surface area contributed by atoms with E-state index in [1.165, 1.54) is 5.56 Å². The van der Waals surface area contributed by atoms with Gasteiger partial charge in [0.25, 0.3) is 0 Å². The molecule has 3 nitrogen and oxygen atoms in total. The summed E-state index contributed by atoms with van der Waals surface area (Å²) in [6.45, 7) is 2.86. The van der Waals surface area contributed by atoms with E-state index in [1.54, 1.807) is 0 Å². The Labute approximate surface area is 118 Å². The Kier molecular flexibility index (Phi) is 2.61. The molecule has 1 unspecified atom stereocenters. The van der Waals surface area contributed by atoms with Crippen molar-refractivity contribution in [3.05, 3.63) is 35.5 Å². The van der Waals surface area contributed by atoms with Crippen LogP contribution < -0.4 is 5.46 Å². The molecule has 1 aliphatic heterocycles. The number of rotatable bonds is 1. The third-order valence-corrected chi connectivity index (χ3v) is 4.10. The molecule has 2 aromatic heterocycles. The molecule has 4 heteroatoms. The summed E-state index contributed by atoms with van der Waals surface area (Å²) >= 11 is 0. The minimum atomic E-state index is 0.181. The molecule has 0 bridgehead atoms. The lowest BCUT2D eigenvalue weighted by Gasteiger charge is -2.11. The fourth-order valence-corrected chi connectivity index (χ4v) is 3.17. The van der Waals surface area contributed by atoms with E-state index in [-0.39, 0.29) is 6.10 Å². The first-order valence-corrected chi connectivity index (χ1v) is 7.15. The summed E-state index contributed by atoms with van der Waals surface area (Å²) in [6.07, 6.45) is 2.39. The highest BCUT2D eigenvalue weighted by atomic mass is 16.5. The molecule has 1 aromatic carbocycles. The van der Waals surface area contributed by atoms with Crippen LogP contribution >= 0.6 is 0 Å². The SMILES string of the molecule is Bc1cccc2c1oc1nc(C)cc(C3CCCO3)c12. The second-order valence-corrected chi connectivity index (χ2v) is 5.59. The Hall–Kier alpha value is -1.81. The van der Waals surface area contributed by atoms with Gasteiger partial charge in [0.1, 0.15) is 13.4 Å². The molecule has 0 aliphatic carbocycles. The zero-order valence-electron chi connectivity index (χ0n) is 11.8. The van der Waals surface area contributed by atoms with E-state index in [9.17, 15) is 0 Å². The Bertz CT molecular complexity index is 803. The first-order valence-electron chi connectivity index (χ1n) is 7.15. The molecular weight excluding hydrogens is 249 g/mol. The van der Waals surface area contributed by atoms with Gasteiger partial charge in [0.05, 0.1) is 11.5 Å². The van der Waals surface area contributed by atoms with E-state index >= 15 is 0 Å². The number of pyridine rings is 1. The fourth-order valence-electron chi connectivity index (χ4n) is 3.17. The van der Waals surface area contributed by atoms with Gasteiger partial charge in [-0.1, -0.05) is 18.2 Å². The summed E-state index contributed by atoms with van der Waals surface area (Å²) in [5, 5.41) is 2.28. The number of hydrogen-bond acceptors (Lipinski definition) is 3. The van der Waals surface area contributed by atoms with Gasteiger partial charge in [-0.05, 0) is 36.9 Å². The molecule has 3 heterocycles. The number of ether oxygens (including phenoxy) is 1. The number of fused-ring (bicyclic) bond motifs is 3. The molecular formula is C16H16BNO2. The van der Waals surface area contributed by atoms with E-state index in [4.69, 9.17) is 9.15 Å². The number of furan rings is 1. The van der Waals surface area contributed by atoms with Crippen molar-refractivity contribution in [3.63, 3.8) is 0 Å². The maximum atomic E-state index is 6.00. The lowest BCUT2D eigenvalue weighted by molar-refractivity contribution is 0.113. The quantitative estimate of drug-likeness (QED) is 0.634. The van der Waals surface area contributed by atoms with Crippen LogP contribution in [0.1, 0.15) is 30.2 Å². The third kappa shape index (κ3) is 1.68. The predicted octanol–water partition coefficient (Wildman–Crippen LogP) is 2.40. The fraction of sp³-hybridized carbons (Fsp3) is 0.312. The standard InChI is InChI=1S/C16H16BNO2/c1-9-8-11(13-6-3-7-19-13)14-10-4-2-5-12(17)15(10)20-16(14)18-9/h2,4-5,8,13H,3,6-7,17H2,1H3. The zero-order chi connectivity index (χ0) is 13.7. The second-order valence-electron chi connectivity index (χ2n) is 5.59. The van der Waals surface area contributed by atoms with Crippen LogP contribution in [0, 0.1) is 6.92 Å². The molecule has 0 N–H and O–H groups in total. The molecule has 3 aromatic rings. The number of para-hydroxylation sites is 1. The van der Waals surface area contributed by atoms with Crippen molar-refractivity contribution in [1.82, 2.24) is 4.98 Å². The van der Waals surface area contributed by atoms with Gasteiger partial charge in [-0.2, -0.15) is 0 Å². The van der Waals surface area contributed by atoms with Crippen molar-refractivity contribution in [2.45, 2.75) is 25.9 Å². The highest BCUT2D eigenvalue weighted by Crippen LogP contribution is 2.37. The van der Waals surface area contributed by atoms with E-state index in [2.05, 4.69) is 37.1 Å². The van der Waals surface area contributed by atoms with Gasteiger partial charge in [0.2, 0.25) is 5.71 Å². The molecule has 1 fully saturated rings. The Balaban J connectivity index is 2.11. The predicted molar refractivity (Wildman–Crippen MR) is 82.4 cm³/mol. The van der Waals surface area contributed by atoms with Crippen molar-refractivity contribution in [3.8, 4) is 0 Å². The number of aryl methyl sites for hydroxylation is 1. The Morgan fingerprint density at radius 3 is 3.05 bits per heavy atom. The number of hydrogen-bond donors (Lipinski definition) is 0. The Morgan fingerprint density at radius 1 is 1.35 bits per heavy atom. The molecule has 4 rings (SSSR count). The molecule has 0 saturated carbocycles. The van der Waals surface area contributed by atoms with Crippen LogP contribution in [0.15, 0.2) is 28.7 Å². The summed E-state index contributed by atoms with van der Waals surface area (Å²) < 4.78 is 11.9. The average Bonchev–Trinajstić information content (AvgIpc) is 3.05. The molecule has 1 atom stereocenters. The topological polar surface area (TPSA) is 35.3 Å². The molecule has 1 aliphatic rings. The van der Waals surface area contributed by atoms with Crippen molar-refractivity contribution >= 4 is 35.4 Å². The monoisotopic (exact) mass is 265 g/mol. The van der Waals surface area contributed by atoms with Gasteiger partial charge in [0.15, 0.2) is 0 Å². The second kappa shape index (κ2) is 4.35. The highest BCUT2D eigenvalue weighted by molar-refractivity contribution is 6.39. The van der Waals surface area contributed by atoms with Crippen molar-refractivity contribution in [2.24, 2.45) is 0 Å². The summed E-state index contributed by atoms with van der Waals surface area (Å²) in [4.78, 5) is 4.56. The number of benzene rings is 1. The van der Waals surface area contributed by atoms with Gasteiger partial charge in [-0.25, -0.2) is 4.98 Å². The highest BCUT2D eigenvalue weighted by Gasteiger charge is 2.23. The molecule has 1 saturated heterocycles. The summed E-state index contributed by atoms with van der Waals surface area (Å²) in [6, 6.07) is 8.41. The average molecular weight is 265 g/mol. The summed E-state index contributed by atoms with van der Waals surface area (Å²) in [5.41, 5.74) is 5.05. The molecule has 0 amide bonds. The number of nitrogens with zero attached hydrogens (tertiary/aromatic N) is 1. The summed E-state index contributed by atoms with van der Waals surface area (Å²) in [5.74, 6) is 0. The maximum absolute atomic E-state index is 6.00. The van der Waals surface area contributed by atoms with Crippen LogP contribution in [0.4, 0.5) is 0 Å². The van der Waals surface area contributed by atoms with Crippen molar-refractivity contribution in [1.29, 1.82) is 0 Å². The van der Waals surface area contributed by atoms with Crippen LogP contribution in [-0.4, -0.2) is 19.4 Å². The first-order chi connectivity index (χ1) is 9.74. The Morgan fingerprint density at radius 2 is 2.25 bits per heavy atom. The van der Waals surface area contributed by atoms with Gasteiger partial charge in [-0.3, -0.25) is 0 Å². The van der Waals surface area contributed by atoms with Crippen LogP contribution in [0.3, 0.4) is 0 Å². The molecule has 0 spiro atoms. The zero-order valence-corrected chi connectivity index (χ0v) is 11.8. The largest absolute Gasteiger partial charge is 0.438 e. The minimum Gasteiger partial charge on any atom is -0.438 e. The van der Waals surface area contributed by atoms with Crippen LogP contribution in [0.5, 0.6) is 0 Å². The first kappa shape index (κ1) is 12.0. The van der Waals surface area contributed by atoms with Gasteiger partial charge < -0.3 is 9.15 Å². The van der Waals surface area contributed by atoms with E-state index < -0.39 is 0 Å². The van der Waals surface area contributed by atoms with E-state index in [0.717, 1.165) is 52.7 Å². The van der Waals surface area contributed by atoms with Crippen LogP contribution in [0.2, 0.25) is 0 Å². The van der Waals surface area contributed by atoms with Crippen LogP contribution in [0.25, 0.3) is 22.1 Å². The van der Waals surface area contributed by atoms with Gasteiger partial charge in [-0.15, -0.1) is 0 Å². The van der Waals surface area contributed by atoms with Gasteiger partial charge in [0, 0.05) is 17.7 Å².